The second-order valence-electron chi connectivity index (χ2n) is 4.82. The van der Waals surface area contributed by atoms with Gasteiger partial charge in [-0.1, -0.05) is 24.6 Å². The molecule has 0 saturated carbocycles. The van der Waals surface area contributed by atoms with E-state index in [1.165, 1.54) is 16.0 Å². The molecule has 0 saturated heterocycles. The first-order chi connectivity index (χ1) is 9.02. The van der Waals surface area contributed by atoms with Crippen molar-refractivity contribution in [1.29, 1.82) is 0 Å². The number of hydrogen-bond acceptors (Lipinski definition) is 3. The Morgan fingerprint density at radius 3 is 2.70 bits per heavy atom. The van der Waals surface area contributed by atoms with Gasteiger partial charge in [-0.05, 0) is 38.9 Å². The van der Waals surface area contributed by atoms with Gasteiger partial charge in [-0.15, -0.1) is 24.2 Å². The lowest BCUT2D eigenvalue weighted by Crippen LogP contribution is -2.39. The van der Waals surface area contributed by atoms with Gasteiger partial charge in [-0.2, -0.15) is 0 Å². The number of aryl methyl sites for hydroxylation is 2. The van der Waals surface area contributed by atoms with Crippen molar-refractivity contribution in [1.82, 2.24) is 10.6 Å². The number of benzene rings is 1. The van der Waals surface area contributed by atoms with Gasteiger partial charge in [-0.3, -0.25) is 4.79 Å². The molecule has 1 aromatic carbocycles. The summed E-state index contributed by atoms with van der Waals surface area (Å²) >= 11 is 1.60. The van der Waals surface area contributed by atoms with Crippen molar-refractivity contribution in [3.63, 3.8) is 0 Å². The first-order valence-electron chi connectivity index (χ1n) is 6.73. The van der Waals surface area contributed by atoms with Crippen LogP contribution in [-0.2, 0) is 4.79 Å². The highest BCUT2D eigenvalue weighted by Gasteiger charge is 2.06. The van der Waals surface area contributed by atoms with Gasteiger partial charge in [0.25, 0.3) is 0 Å². The predicted molar refractivity (Wildman–Crippen MR) is 90.0 cm³/mol. The summed E-state index contributed by atoms with van der Waals surface area (Å²) in [6.45, 7) is 9.89. The van der Waals surface area contributed by atoms with E-state index in [0.717, 1.165) is 6.54 Å². The molecule has 0 radical (unpaired) electrons. The summed E-state index contributed by atoms with van der Waals surface area (Å²) in [7, 11) is 0. The smallest absolute Gasteiger partial charge is 0.230 e. The maximum absolute atomic E-state index is 11.8. The maximum Gasteiger partial charge on any atom is 0.230 e. The highest BCUT2D eigenvalue weighted by Crippen LogP contribution is 2.23. The van der Waals surface area contributed by atoms with Gasteiger partial charge in [0.1, 0.15) is 0 Å². The Bertz CT molecular complexity index is 426. The van der Waals surface area contributed by atoms with Gasteiger partial charge in [-0.25, -0.2) is 0 Å². The van der Waals surface area contributed by atoms with Crippen molar-refractivity contribution in [3.8, 4) is 0 Å². The molecule has 1 amide bonds. The number of amides is 1. The number of nitrogens with one attached hydrogen (secondary N) is 2. The van der Waals surface area contributed by atoms with E-state index in [-0.39, 0.29) is 18.3 Å². The molecule has 0 aliphatic rings. The van der Waals surface area contributed by atoms with E-state index >= 15 is 0 Å². The summed E-state index contributed by atoms with van der Waals surface area (Å²) in [5, 5.41) is 6.22. The van der Waals surface area contributed by atoms with E-state index in [2.05, 4.69) is 56.5 Å². The summed E-state index contributed by atoms with van der Waals surface area (Å²) in [5.41, 5.74) is 2.46. The monoisotopic (exact) mass is 316 g/mol. The summed E-state index contributed by atoms with van der Waals surface area (Å²) < 4.78 is 0. The van der Waals surface area contributed by atoms with Gasteiger partial charge in [0.2, 0.25) is 5.91 Å². The van der Waals surface area contributed by atoms with E-state index in [1.54, 1.807) is 11.8 Å². The van der Waals surface area contributed by atoms with Gasteiger partial charge in [0, 0.05) is 17.5 Å². The zero-order valence-corrected chi connectivity index (χ0v) is 14.3. The molecule has 20 heavy (non-hydrogen) atoms. The molecule has 0 fully saturated rings. The molecular weight excluding hydrogens is 292 g/mol. The largest absolute Gasteiger partial charge is 0.354 e. The minimum atomic E-state index is 0. The summed E-state index contributed by atoms with van der Waals surface area (Å²) in [5.74, 6) is 0.569. The Morgan fingerprint density at radius 2 is 2.05 bits per heavy atom. The molecule has 0 unspecified atom stereocenters. The number of halogens is 1. The van der Waals surface area contributed by atoms with Crippen molar-refractivity contribution in [2.45, 2.75) is 38.6 Å². The zero-order valence-electron chi connectivity index (χ0n) is 12.7. The van der Waals surface area contributed by atoms with Crippen LogP contribution in [-0.4, -0.2) is 30.8 Å². The molecule has 0 aromatic heterocycles. The minimum absolute atomic E-state index is 0. The third kappa shape index (κ3) is 7.17. The number of carbonyl (C=O) groups is 1. The normalized spacial score (nSPS) is 11.6. The van der Waals surface area contributed by atoms with E-state index in [1.807, 2.05) is 0 Å². The SMILES string of the molecule is CCN[C@H](C)CNC(=O)CSc1cc(C)ccc1C.Cl. The molecule has 1 atom stereocenters. The molecule has 0 bridgehead atoms. The average molecular weight is 317 g/mol. The first-order valence-corrected chi connectivity index (χ1v) is 7.71. The van der Waals surface area contributed by atoms with Crippen LogP contribution < -0.4 is 10.6 Å². The molecule has 0 aliphatic heterocycles. The highest BCUT2D eigenvalue weighted by molar-refractivity contribution is 8.00. The van der Waals surface area contributed by atoms with Crippen molar-refractivity contribution in [3.05, 3.63) is 29.3 Å². The van der Waals surface area contributed by atoms with Crippen LogP contribution in [0.3, 0.4) is 0 Å². The van der Waals surface area contributed by atoms with Crippen molar-refractivity contribution < 1.29 is 4.79 Å². The number of rotatable bonds is 7. The molecule has 0 aliphatic carbocycles. The lowest BCUT2D eigenvalue weighted by atomic mass is 10.2. The lowest BCUT2D eigenvalue weighted by molar-refractivity contribution is -0.118. The van der Waals surface area contributed by atoms with Gasteiger partial charge in [0.05, 0.1) is 5.75 Å². The van der Waals surface area contributed by atoms with Crippen molar-refractivity contribution in [2.75, 3.05) is 18.8 Å². The molecule has 2 N–H and O–H groups in total. The molecule has 114 valence electrons. The third-order valence-corrected chi connectivity index (χ3v) is 4.02. The van der Waals surface area contributed by atoms with Crippen LogP contribution >= 0.6 is 24.2 Å². The molecule has 1 rings (SSSR count). The third-order valence-electron chi connectivity index (χ3n) is 2.86. The molecule has 5 heteroatoms. The van der Waals surface area contributed by atoms with E-state index < -0.39 is 0 Å². The van der Waals surface area contributed by atoms with Crippen LogP contribution in [0.15, 0.2) is 23.1 Å². The Balaban J connectivity index is 0.00000361. The van der Waals surface area contributed by atoms with Crippen LogP contribution in [0.1, 0.15) is 25.0 Å². The summed E-state index contributed by atoms with van der Waals surface area (Å²) in [4.78, 5) is 13.0. The van der Waals surface area contributed by atoms with Crippen molar-refractivity contribution in [2.24, 2.45) is 0 Å². The van der Waals surface area contributed by atoms with E-state index in [4.69, 9.17) is 0 Å². The quantitative estimate of drug-likeness (QED) is 0.760. The summed E-state index contributed by atoms with van der Waals surface area (Å²) in [6.07, 6.45) is 0. The Kier molecular flexibility index (Phi) is 9.72. The Morgan fingerprint density at radius 1 is 1.35 bits per heavy atom. The molecule has 0 heterocycles. The van der Waals surface area contributed by atoms with Crippen LogP contribution in [0.25, 0.3) is 0 Å². The predicted octanol–water partition coefficient (Wildman–Crippen LogP) is 2.93. The Hall–Kier alpha value is -0.710. The van der Waals surface area contributed by atoms with Crippen LogP contribution in [0.4, 0.5) is 0 Å². The first kappa shape index (κ1) is 19.3. The average Bonchev–Trinajstić information content (AvgIpc) is 2.38. The van der Waals surface area contributed by atoms with Gasteiger partial charge >= 0.3 is 0 Å². The van der Waals surface area contributed by atoms with Crippen LogP contribution in [0, 0.1) is 13.8 Å². The van der Waals surface area contributed by atoms with Crippen LogP contribution in [0.2, 0.25) is 0 Å². The highest BCUT2D eigenvalue weighted by atomic mass is 35.5. The Labute approximate surface area is 132 Å². The van der Waals surface area contributed by atoms with Gasteiger partial charge < -0.3 is 10.6 Å². The van der Waals surface area contributed by atoms with E-state index in [0.29, 0.717) is 18.3 Å². The van der Waals surface area contributed by atoms with Crippen molar-refractivity contribution >= 4 is 30.1 Å². The molecule has 1 aromatic rings. The zero-order chi connectivity index (χ0) is 14.3. The van der Waals surface area contributed by atoms with Crippen LogP contribution in [0.5, 0.6) is 0 Å². The fourth-order valence-corrected chi connectivity index (χ4v) is 2.70. The lowest BCUT2D eigenvalue weighted by Gasteiger charge is -2.13. The van der Waals surface area contributed by atoms with E-state index in [9.17, 15) is 4.79 Å². The fourth-order valence-electron chi connectivity index (χ4n) is 1.74. The number of carbonyl (C=O) groups excluding carboxylic acids is 1. The summed E-state index contributed by atoms with van der Waals surface area (Å²) in [6, 6.07) is 6.65. The molecule has 0 spiro atoms. The maximum atomic E-state index is 11.8. The number of hydrogen-bond donors (Lipinski definition) is 2. The number of likely N-dealkylation sites (N-methyl/N-ethyl adjacent to an activating group) is 1. The van der Waals surface area contributed by atoms with Gasteiger partial charge in [0.15, 0.2) is 0 Å². The standard InChI is InChI=1S/C15H24N2OS.ClH/c1-5-16-13(4)9-17-15(18)10-19-14-8-11(2)6-7-12(14)3;/h6-8,13,16H,5,9-10H2,1-4H3,(H,17,18);1H/t13-;/m1./s1. The molecule has 3 nitrogen and oxygen atoms in total. The fraction of sp³-hybridized carbons (Fsp3) is 0.533. The minimum Gasteiger partial charge on any atom is -0.354 e. The number of thioether (sulfide) groups is 1. The molecular formula is C15H25ClN2OS. The second-order valence-corrected chi connectivity index (χ2v) is 5.84. The topological polar surface area (TPSA) is 41.1 Å². The second kappa shape index (κ2) is 10.1.